The third kappa shape index (κ3) is 3.23. The molecule has 0 spiro atoms. The van der Waals surface area contributed by atoms with Crippen molar-refractivity contribution in [1.82, 2.24) is 0 Å². The SMILES string of the molecule is O=C(O)/C=C/c1cc(N2CC=CCC2)ccc1[N+](=O)[O-]. The Labute approximate surface area is 115 Å². The minimum atomic E-state index is -1.13. The van der Waals surface area contributed by atoms with E-state index in [0.29, 0.717) is 5.56 Å². The summed E-state index contributed by atoms with van der Waals surface area (Å²) in [6.45, 7) is 1.59. The van der Waals surface area contributed by atoms with Gasteiger partial charge in [0.15, 0.2) is 0 Å². The molecule has 104 valence electrons. The Morgan fingerprint density at radius 2 is 2.20 bits per heavy atom. The van der Waals surface area contributed by atoms with Gasteiger partial charge in [-0.15, -0.1) is 0 Å². The van der Waals surface area contributed by atoms with E-state index in [0.717, 1.165) is 31.3 Å². The van der Waals surface area contributed by atoms with Crippen molar-refractivity contribution in [2.24, 2.45) is 0 Å². The van der Waals surface area contributed by atoms with Crippen molar-refractivity contribution in [2.75, 3.05) is 18.0 Å². The number of hydrogen-bond donors (Lipinski definition) is 1. The van der Waals surface area contributed by atoms with Crippen molar-refractivity contribution >= 4 is 23.4 Å². The fourth-order valence-electron chi connectivity index (χ4n) is 2.08. The van der Waals surface area contributed by atoms with Gasteiger partial charge in [0, 0.05) is 30.9 Å². The van der Waals surface area contributed by atoms with Gasteiger partial charge >= 0.3 is 5.97 Å². The molecule has 6 heteroatoms. The molecule has 0 bridgehead atoms. The maximum absolute atomic E-state index is 11.0. The Morgan fingerprint density at radius 3 is 2.80 bits per heavy atom. The first-order valence-electron chi connectivity index (χ1n) is 6.17. The van der Waals surface area contributed by atoms with Gasteiger partial charge in [-0.3, -0.25) is 10.1 Å². The summed E-state index contributed by atoms with van der Waals surface area (Å²) in [5.74, 6) is -1.13. The van der Waals surface area contributed by atoms with Crippen LogP contribution in [0.2, 0.25) is 0 Å². The Bertz CT molecular complexity index is 593. The number of benzene rings is 1. The predicted octanol–water partition coefficient (Wildman–Crippen LogP) is 2.46. The van der Waals surface area contributed by atoms with Crippen LogP contribution in [0.5, 0.6) is 0 Å². The zero-order valence-corrected chi connectivity index (χ0v) is 10.7. The quantitative estimate of drug-likeness (QED) is 0.394. The molecule has 0 unspecified atom stereocenters. The van der Waals surface area contributed by atoms with Crippen molar-refractivity contribution < 1.29 is 14.8 Å². The zero-order valence-electron chi connectivity index (χ0n) is 10.7. The van der Waals surface area contributed by atoms with Crippen LogP contribution in [-0.4, -0.2) is 29.1 Å². The number of carboxylic acid groups (broad SMARTS) is 1. The summed E-state index contributed by atoms with van der Waals surface area (Å²) in [5, 5.41) is 19.6. The lowest BCUT2D eigenvalue weighted by molar-refractivity contribution is -0.385. The monoisotopic (exact) mass is 274 g/mol. The zero-order chi connectivity index (χ0) is 14.5. The molecular formula is C14H14N2O4. The smallest absolute Gasteiger partial charge is 0.328 e. The Morgan fingerprint density at radius 1 is 1.40 bits per heavy atom. The molecular weight excluding hydrogens is 260 g/mol. The van der Waals surface area contributed by atoms with Crippen LogP contribution in [0.3, 0.4) is 0 Å². The van der Waals surface area contributed by atoms with E-state index in [4.69, 9.17) is 5.11 Å². The highest BCUT2D eigenvalue weighted by atomic mass is 16.6. The minimum Gasteiger partial charge on any atom is -0.478 e. The summed E-state index contributed by atoms with van der Waals surface area (Å²) in [5.41, 5.74) is 1.05. The second-order valence-corrected chi connectivity index (χ2v) is 4.38. The first-order valence-corrected chi connectivity index (χ1v) is 6.17. The standard InChI is InChI=1S/C14H14N2O4/c17-14(18)7-4-11-10-12(5-6-13(11)16(19)20)15-8-2-1-3-9-15/h1-2,4-7,10H,3,8-9H2,(H,17,18)/b7-4+. The number of rotatable bonds is 4. The highest BCUT2D eigenvalue weighted by Crippen LogP contribution is 2.27. The third-order valence-electron chi connectivity index (χ3n) is 3.04. The maximum atomic E-state index is 11.0. The number of carboxylic acids is 1. The van der Waals surface area contributed by atoms with Crippen LogP contribution in [-0.2, 0) is 4.79 Å². The van der Waals surface area contributed by atoms with E-state index in [9.17, 15) is 14.9 Å². The lowest BCUT2D eigenvalue weighted by Crippen LogP contribution is -2.26. The van der Waals surface area contributed by atoms with Crippen molar-refractivity contribution in [2.45, 2.75) is 6.42 Å². The molecule has 0 aliphatic carbocycles. The van der Waals surface area contributed by atoms with Crippen LogP contribution in [0, 0.1) is 10.1 Å². The molecule has 1 heterocycles. The fraction of sp³-hybridized carbons (Fsp3) is 0.214. The molecule has 1 aliphatic heterocycles. The second-order valence-electron chi connectivity index (χ2n) is 4.38. The van der Waals surface area contributed by atoms with E-state index in [1.807, 2.05) is 6.08 Å². The van der Waals surface area contributed by atoms with Crippen LogP contribution in [0.4, 0.5) is 11.4 Å². The minimum absolute atomic E-state index is 0.0983. The van der Waals surface area contributed by atoms with Gasteiger partial charge in [-0.05, 0) is 24.6 Å². The van der Waals surface area contributed by atoms with Crippen LogP contribution in [0.15, 0.2) is 36.4 Å². The number of aliphatic carboxylic acids is 1. The number of anilines is 1. The van der Waals surface area contributed by atoms with Crippen LogP contribution < -0.4 is 4.90 Å². The second kappa shape index (κ2) is 6.01. The first kappa shape index (κ1) is 13.8. The largest absolute Gasteiger partial charge is 0.478 e. The number of nitro groups is 1. The highest BCUT2D eigenvalue weighted by Gasteiger charge is 2.15. The Kier molecular flexibility index (Phi) is 4.14. The molecule has 0 radical (unpaired) electrons. The van der Waals surface area contributed by atoms with Gasteiger partial charge in [-0.1, -0.05) is 12.2 Å². The third-order valence-corrected chi connectivity index (χ3v) is 3.04. The van der Waals surface area contributed by atoms with E-state index in [2.05, 4.69) is 11.0 Å². The van der Waals surface area contributed by atoms with E-state index in [1.165, 1.54) is 12.1 Å². The number of hydrogen-bond acceptors (Lipinski definition) is 4. The summed E-state index contributed by atoms with van der Waals surface area (Å²) in [7, 11) is 0. The number of nitro benzene ring substituents is 1. The van der Waals surface area contributed by atoms with Gasteiger partial charge < -0.3 is 10.0 Å². The number of carbonyl (C=O) groups is 1. The van der Waals surface area contributed by atoms with Gasteiger partial charge in [0.05, 0.1) is 10.5 Å². The van der Waals surface area contributed by atoms with Crippen molar-refractivity contribution in [3.8, 4) is 0 Å². The molecule has 0 amide bonds. The van der Waals surface area contributed by atoms with Gasteiger partial charge in [0.2, 0.25) is 0 Å². The van der Waals surface area contributed by atoms with Crippen molar-refractivity contribution in [3.05, 3.63) is 52.1 Å². The van der Waals surface area contributed by atoms with Crippen LogP contribution in [0.1, 0.15) is 12.0 Å². The maximum Gasteiger partial charge on any atom is 0.328 e. The first-order chi connectivity index (χ1) is 9.58. The van der Waals surface area contributed by atoms with E-state index in [-0.39, 0.29) is 5.69 Å². The summed E-state index contributed by atoms with van der Waals surface area (Å²) >= 11 is 0. The Hall–Kier alpha value is -2.63. The van der Waals surface area contributed by atoms with Gasteiger partial charge in [0.25, 0.3) is 5.69 Å². The van der Waals surface area contributed by atoms with Crippen molar-refractivity contribution in [1.29, 1.82) is 0 Å². The lowest BCUT2D eigenvalue weighted by atomic mass is 10.1. The molecule has 1 aromatic rings. The Balaban J connectivity index is 2.36. The average Bonchev–Trinajstić information content (AvgIpc) is 2.45. The summed E-state index contributed by atoms with van der Waals surface area (Å²) < 4.78 is 0. The van der Waals surface area contributed by atoms with Crippen molar-refractivity contribution in [3.63, 3.8) is 0 Å². The predicted molar refractivity (Wildman–Crippen MR) is 75.7 cm³/mol. The summed E-state index contributed by atoms with van der Waals surface area (Å²) in [4.78, 5) is 23.1. The summed E-state index contributed by atoms with van der Waals surface area (Å²) in [6, 6.07) is 4.75. The van der Waals surface area contributed by atoms with Crippen LogP contribution >= 0.6 is 0 Å². The fourth-order valence-corrected chi connectivity index (χ4v) is 2.08. The van der Waals surface area contributed by atoms with E-state index in [1.54, 1.807) is 12.1 Å². The molecule has 0 atom stereocenters. The molecule has 1 aliphatic rings. The normalized spacial score (nSPS) is 14.7. The molecule has 6 nitrogen and oxygen atoms in total. The van der Waals surface area contributed by atoms with Gasteiger partial charge in [0.1, 0.15) is 0 Å². The molecule has 0 fully saturated rings. The average molecular weight is 274 g/mol. The molecule has 1 aromatic carbocycles. The van der Waals surface area contributed by atoms with Crippen LogP contribution in [0.25, 0.3) is 6.08 Å². The number of nitrogens with zero attached hydrogens (tertiary/aromatic N) is 2. The van der Waals surface area contributed by atoms with Gasteiger partial charge in [-0.25, -0.2) is 4.79 Å². The van der Waals surface area contributed by atoms with E-state index < -0.39 is 10.9 Å². The van der Waals surface area contributed by atoms with Gasteiger partial charge in [-0.2, -0.15) is 0 Å². The molecule has 0 saturated heterocycles. The van der Waals surface area contributed by atoms with E-state index >= 15 is 0 Å². The lowest BCUT2D eigenvalue weighted by Gasteiger charge is -2.25. The molecule has 0 saturated carbocycles. The molecule has 2 rings (SSSR count). The molecule has 20 heavy (non-hydrogen) atoms. The highest BCUT2D eigenvalue weighted by molar-refractivity contribution is 5.86. The topological polar surface area (TPSA) is 83.7 Å². The summed E-state index contributed by atoms with van der Waals surface area (Å²) in [6.07, 6.45) is 7.22. The molecule has 0 aromatic heterocycles. The molecule has 1 N–H and O–H groups in total.